The number of aromatic hydroxyl groups is 1. The molecule has 0 aliphatic rings. The number of hydrogen-bond donors (Lipinski definition) is 3. The lowest BCUT2D eigenvalue weighted by atomic mass is 9.73. The van der Waals surface area contributed by atoms with E-state index in [4.69, 9.17) is 5.11 Å². The Morgan fingerprint density at radius 3 is 2.46 bits per heavy atom. The molecule has 0 atom stereocenters. The monoisotopic (exact) mass is 326 g/mol. The molecule has 2 rings (SSSR count). The predicted molar refractivity (Wildman–Crippen MR) is 95.8 cm³/mol. The number of carbonyl (C=O) groups excluding carboxylic acids is 1. The van der Waals surface area contributed by atoms with Gasteiger partial charge >= 0.3 is 5.97 Å². The number of carboxylic acids is 1. The second kappa shape index (κ2) is 6.78. The molecule has 0 radical (unpaired) electrons. The number of halogens is 1. The van der Waals surface area contributed by atoms with Crippen molar-refractivity contribution in [1.82, 2.24) is 10.3 Å². The molecule has 0 saturated heterocycles. The summed E-state index contributed by atoms with van der Waals surface area (Å²) in [6.07, 6.45) is 1.34. The number of carbonyl (C=O) groups is 2. The zero-order chi connectivity index (χ0) is 18.0. The number of hydrogen-bond acceptors (Lipinski definition) is 4. The highest BCUT2D eigenvalue weighted by molar-refractivity contribution is 6.51. The molecule has 10 heteroatoms. The van der Waals surface area contributed by atoms with Crippen LogP contribution in [0.3, 0.4) is 0 Å². The Balaban J connectivity index is 2.40. The Labute approximate surface area is 140 Å². The molecular weight excluding hydrogens is 312 g/mol. The molecule has 3 N–H and O–H groups in total. The van der Waals surface area contributed by atoms with Crippen molar-refractivity contribution in [3.63, 3.8) is 0 Å². The molecule has 0 aliphatic carbocycles. The maximum absolute atomic E-state index is 14.2. The van der Waals surface area contributed by atoms with Crippen LogP contribution in [0, 0.1) is 5.82 Å². The molecule has 24 heavy (non-hydrogen) atoms. The lowest BCUT2D eigenvalue weighted by Gasteiger charge is -2.13. The highest BCUT2D eigenvalue weighted by Gasteiger charge is 2.17. The van der Waals surface area contributed by atoms with Crippen molar-refractivity contribution in [1.29, 1.82) is 0 Å². The normalized spacial score (nSPS) is 10.4. The first-order chi connectivity index (χ1) is 11.2. The van der Waals surface area contributed by atoms with E-state index in [1.807, 2.05) is 0 Å². The summed E-state index contributed by atoms with van der Waals surface area (Å²) in [4.78, 5) is 26.1. The summed E-state index contributed by atoms with van der Waals surface area (Å²) in [6.45, 7) is -0.580. The Kier molecular flexibility index (Phi) is 4.97. The Hall–Kier alpha value is -2.77. The van der Waals surface area contributed by atoms with Crippen molar-refractivity contribution < 1.29 is 24.2 Å². The van der Waals surface area contributed by atoms with E-state index >= 15 is 0 Å². The number of pyridine rings is 1. The van der Waals surface area contributed by atoms with Crippen molar-refractivity contribution in [2.24, 2.45) is 0 Å². The molecule has 120 valence electrons. The van der Waals surface area contributed by atoms with E-state index in [0.29, 0.717) is 22.1 Å². The quantitative estimate of drug-likeness (QED) is 0.500. The molecule has 6 nitrogen and oxygen atoms in total. The molecular formula is C14H14B3FN2O4. The first-order valence-corrected chi connectivity index (χ1v) is 7.18. The predicted octanol–water partition coefficient (Wildman–Crippen LogP) is -3.82. The average molecular weight is 326 g/mol. The summed E-state index contributed by atoms with van der Waals surface area (Å²) in [5, 5.41) is 20.7. The summed E-state index contributed by atoms with van der Waals surface area (Å²) < 4.78 is 14.2. The number of nitrogens with one attached hydrogen (secondary N) is 1. The van der Waals surface area contributed by atoms with Crippen molar-refractivity contribution in [2.75, 3.05) is 6.54 Å². The molecule has 0 fully saturated rings. The first kappa shape index (κ1) is 17.6. The largest absolute Gasteiger partial charge is 0.505 e. The lowest BCUT2D eigenvalue weighted by molar-refractivity contribution is -0.135. The van der Waals surface area contributed by atoms with Crippen LogP contribution in [0.5, 0.6) is 5.75 Å². The van der Waals surface area contributed by atoms with Gasteiger partial charge in [-0.15, -0.1) is 0 Å². The maximum atomic E-state index is 14.2. The summed E-state index contributed by atoms with van der Waals surface area (Å²) in [5.41, 5.74) is 2.47. The molecule has 0 unspecified atom stereocenters. The number of rotatable bonds is 4. The molecule has 0 aliphatic heterocycles. The smallest absolute Gasteiger partial charge is 0.322 e. The molecule has 1 aromatic heterocycles. The minimum absolute atomic E-state index is 0.290. The van der Waals surface area contributed by atoms with Gasteiger partial charge in [0.05, 0.1) is 0 Å². The van der Waals surface area contributed by atoms with Gasteiger partial charge in [0.1, 0.15) is 41.7 Å². The number of amides is 1. The number of nitrogens with zero attached hydrogens (tertiary/aromatic N) is 1. The van der Waals surface area contributed by atoms with Gasteiger partial charge in [0, 0.05) is 11.8 Å². The zero-order valence-electron chi connectivity index (χ0n) is 13.5. The Morgan fingerprint density at radius 2 is 1.88 bits per heavy atom. The van der Waals surface area contributed by atoms with Gasteiger partial charge in [-0.1, -0.05) is 17.0 Å². The topological polar surface area (TPSA) is 99.5 Å². The van der Waals surface area contributed by atoms with Crippen molar-refractivity contribution in [3.05, 3.63) is 29.8 Å². The van der Waals surface area contributed by atoms with Crippen LogP contribution in [-0.4, -0.2) is 57.2 Å². The fraction of sp³-hybridized carbons (Fsp3) is 0.0714. The van der Waals surface area contributed by atoms with E-state index < -0.39 is 24.2 Å². The summed E-state index contributed by atoms with van der Waals surface area (Å²) in [5.74, 6) is -2.74. The number of carboxylic acid groups (broad SMARTS) is 1. The van der Waals surface area contributed by atoms with E-state index in [-0.39, 0.29) is 11.5 Å². The zero-order valence-corrected chi connectivity index (χ0v) is 13.5. The van der Waals surface area contributed by atoms with Crippen LogP contribution in [0.4, 0.5) is 4.39 Å². The van der Waals surface area contributed by atoms with Crippen molar-refractivity contribution in [3.8, 4) is 16.9 Å². The van der Waals surface area contributed by atoms with Gasteiger partial charge in [-0.2, -0.15) is 0 Å². The maximum Gasteiger partial charge on any atom is 0.322 e. The molecule has 1 aromatic carbocycles. The van der Waals surface area contributed by atoms with E-state index in [2.05, 4.69) is 10.3 Å². The fourth-order valence-corrected chi connectivity index (χ4v) is 2.32. The first-order valence-electron chi connectivity index (χ1n) is 7.18. The van der Waals surface area contributed by atoms with Gasteiger partial charge in [-0.25, -0.2) is 9.37 Å². The second-order valence-electron chi connectivity index (χ2n) is 5.47. The fourth-order valence-electron chi connectivity index (χ4n) is 2.32. The van der Waals surface area contributed by atoms with Crippen LogP contribution < -0.4 is 21.7 Å². The Bertz CT molecular complexity index is 845. The third kappa shape index (κ3) is 3.42. The van der Waals surface area contributed by atoms with Crippen LogP contribution >= 0.6 is 0 Å². The molecule has 0 spiro atoms. The van der Waals surface area contributed by atoms with Gasteiger partial charge in [0.15, 0.2) is 5.69 Å². The molecule has 2 aromatic rings. The number of benzene rings is 1. The van der Waals surface area contributed by atoms with Crippen LogP contribution in [-0.2, 0) is 4.79 Å². The van der Waals surface area contributed by atoms with E-state index in [0.717, 1.165) is 5.46 Å². The van der Waals surface area contributed by atoms with Crippen LogP contribution in [0.25, 0.3) is 11.1 Å². The van der Waals surface area contributed by atoms with E-state index in [9.17, 15) is 19.1 Å². The number of aliphatic carboxylic acids is 1. The average Bonchev–Trinajstić information content (AvgIpc) is 2.53. The van der Waals surface area contributed by atoms with Crippen LogP contribution in [0.15, 0.2) is 18.3 Å². The van der Waals surface area contributed by atoms with Gasteiger partial charge in [0.25, 0.3) is 5.91 Å². The summed E-state index contributed by atoms with van der Waals surface area (Å²) in [6, 6.07) is 3.09. The van der Waals surface area contributed by atoms with E-state index in [1.165, 1.54) is 12.3 Å². The molecule has 1 amide bonds. The van der Waals surface area contributed by atoms with Crippen LogP contribution in [0.2, 0.25) is 0 Å². The van der Waals surface area contributed by atoms with Gasteiger partial charge in [-0.05, 0) is 17.1 Å². The van der Waals surface area contributed by atoms with Crippen molar-refractivity contribution in [2.45, 2.75) is 0 Å². The van der Waals surface area contributed by atoms with E-state index in [1.54, 1.807) is 29.6 Å². The minimum Gasteiger partial charge on any atom is -0.505 e. The third-order valence-electron chi connectivity index (χ3n) is 3.81. The third-order valence-corrected chi connectivity index (χ3v) is 3.81. The number of aromatic nitrogens is 1. The molecule has 0 saturated carbocycles. The highest BCUT2D eigenvalue weighted by atomic mass is 19.1. The van der Waals surface area contributed by atoms with Gasteiger partial charge in [-0.3, -0.25) is 9.59 Å². The molecule has 0 bridgehead atoms. The van der Waals surface area contributed by atoms with Crippen LogP contribution in [0.1, 0.15) is 10.5 Å². The standard InChI is InChI=1S/C14H14B3FN2O4/c15-7-2-6(10(16)12(18)11(7)17)5-1-8(21)13(19-3-5)14(24)20-4-9(22)23/h1-3,21H,4,15-17H2,(H,20,24)(H,22,23). The second-order valence-corrected chi connectivity index (χ2v) is 5.47. The highest BCUT2D eigenvalue weighted by Crippen LogP contribution is 2.23. The van der Waals surface area contributed by atoms with Gasteiger partial charge < -0.3 is 15.5 Å². The SMILES string of the molecule is Bc1cc(-c2cnc(C(=O)NCC(=O)O)c(O)c2)c(B)c(F)c1B. The van der Waals surface area contributed by atoms with Crippen molar-refractivity contribution >= 4 is 51.8 Å². The minimum atomic E-state index is -1.21. The summed E-state index contributed by atoms with van der Waals surface area (Å²) in [7, 11) is 5.09. The lowest BCUT2D eigenvalue weighted by Crippen LogP contribution is -2.36. The molecule has 1 heterocycles. The Morgan fingerprint density at radius 1 is 1.21 bits per heavy atom. The summed E-state index contributed by atoms with van der Waals surface area (Å²) >= 11 is 0. The van der Waals surface area contributed by atoms with Gasteiger partial charge in [0.2, 0.25) is 0 Å².